The summed E-state index contributed by atoms with van der Waals surface area (Å²) in [5, 5.41) is 4.81. The summed E-state index contributed by atoms with van der Waals surface area (Å²) in [4.78, 5) is 27.1. The number of amides is 2. The summed E-state index contributed by atoms with van der Waals surface area (Å²) in [5.41, 5.74) is 0.872. The van der Waals surface area contributed by atoms with Crippen LogP contribution < -0.4 is 10.1 Å². The maximum absolute atomic E-state index is 12.4. The molecular weight excluding hydrogens is 324 g/mol. The van der Waals surface area contributed by atoms with Gasteiger partial charge in [0.1, 0.15) is 5.75 Å². The van der Waals surface area contributed by atoms with Crippen molar-refractivity contribution in [2.75, 3.05) is 20.2 Å². The van der Waals surface area contributed by atoms with Gasteiger partial charge in [-0.2, -0.15) is 0 Å². The molecule has 24 heavy (non-hydrogen) atoms. The SMILES string of the molecule is CCN(CC(=O)NCc1cccs1)C(=O)Cc1cccc(OC)c1. The van der Waals surface area contributed by atoms with Crippen LogP contribution in [-0.2, 0) is 22.6 Å². The predicted octanol–water partition coefficient (Wildman–Crippen LogP) is 2.46. The van der Waals surface area contributed by atoms with Gasteiger partial charge in [0.05, 0.1) is 26.6 Å². The number of carbonyl (C=O) groups excluding carboxylic acids is 2. The van der Waals surface area contributed by atoms with Crippen LogP contribution in [0.4, 0.5) is 0 Å². The smallest absolute Gasteiger partial charge is 0.239 e. The molecule has 0 saturated heterocycles. The van der Waals surface area contributed by atoms with E-state index in [-0.39, 0.29) is 24.8 Å². The molecule has 0 bridgehead atoms. The Balaban J connectivity index is 1.87. The second-order valence-electron chi connectivity index (χ2n) is 5.29. The molecule has 5 nitrogen and oxygen atoms in total. The highest BCUT2D eigenvalue weighted by Crippen LogP contribution is 2.13. The maximum atomic E-state index is 12.4. The zero-order valence-electron chi connectivity index (χ0n) is 14.0. The topological polar surface area (TPSA) is 58.6 Å². The number of carbonyl (C=O) groups is 2. The number of hydrogen-bond donors (Lipinski definition) is 1. The Morgan fingerprint density at radius 3 is 2.75 bits per heavy atom. The lowest BCUT2D eigenvalue weighted by molar-refractivity contribution is -0.135. The Morgan fingerprint density at radius 1 is 1.25 bits per heavy atom. The highest BCUT2D eigenvalue weighted by atomic mass is 32.1. The second-order valence-corrected chi connectivity index (χ2v) is 6.32. The Labute approximate surface area is 146 Å². The quantitative estimate of drug-likeness (QED) is 0.799. The molecule has 2 rings (SSSR count). The highest BCUT2D eigenvalue weighted by molar-refractivity contribution is 7.09. The monoisotopic (exact) mass is 346 g/mol. The molecule has 0 aliphatic heterocycles. The number of thiophene rings is 1. The van der Waals surface area contributed by atoms with E-state index in [1.165, 1.54) is 0 Å². The van der Waals surface area contributed by atoms with Crippen LogP contribution in [0.25, 0.3) is 0 Å². The van der Waals surface area contributed by atoms with Crippen molar-refractivity contribution < 1.29 is 14.3 Å². The molecule has 0 aliphatic carbocycles. The van der Waals surface area contributed by atoms with Crippen molar-refractivity contribution in [3.8, 4) is 5.75 Å². The van der Waals surface area contributed by atoms with Gasteiger partial charge in [-0.15, -0.1) is 11.3 Å². The van der Waals surface area contributed by atoms with Crippen molar-refractivity contribution in [2.24, 2.45) is 0 Å². The fourth-order valence-electron chi connectivity index (χ4n) is 2.27. The molecule has 0 atom stereocenters. The molecular formula is C18H22N2O3S. The van der Waals surface area contributed by atoms with E-state index in [0.717, 1.165) is 16.2 Å². The van der Waals surface area contributed by atoms with E-state index >= 15 is 0 Å². The average molecular weight is 346 g/mol. The zero-order valence-corrected chi connectivity index (χ0v) is 14.8. The molecule has 1 N–H and O–H groups in total. The van der Waals surface area contributed by atoms with E-state index in [2.05, 4.69) is 5.32 Å². The van der Waals surface area contributed by atoms with Crippen LogP contribution in [0.1, 0.15) is 17.4 Å². The van der Waals surface area contributed by atoms with Crippen LogP contribution in [0, 0.1) is 0 Å². The van der Waals surface area contributed by atoms with Crippen LogP contribution >= 0.6 is 11.3 Å². The Kier molecular flexibility index (Phi) is 6.81. The van der Waals surface area contributed by atoms with Gasteiger partial charge >= 0.3 is 0 Å². The molecule has 0 unspecified atom stereocenters. The average Bonchev–Trinajstić information content (AvgIpc) is 3.11. The fourth-order valence-corrected chi connectivity index (χ4v) is 2.92. The van der Waals surface area contributed by atoms with Crippen molar-refractivity contribution in [3.05, 3.63) is 52.2 Å². The molecule has 128 valence electrons. The Bertz CT molecular complexity index is 671. The number of nitrogens with one attached hydrogen (secondary N) is 1. The predicted molar refractivity (Wildman–Crippen MR) is 95.1 cm³/mol. The number of rotatable bonds is 8. The van der Waals surface area contributed by atoms with Gasteiger partial charge in [-0.25, -0.2) is 0 Å². The highest BCUT2D eigenvalue weighted by Gasteiger charge is 2.16. The molecule has 1 heterocycles. The first-order chi connectivity index (χ1) is 11.6. The lowest BCUT2D eigenvalue weighted by Gasteiger charge is -2.20. The summed E-state index contributed by atoms with van der Waals surface area (Å²) in [6, 6.07) is 11.3. The standard InChI is InChI=1S/C18H22N2O3S/c1-3-20(13-17(21)19-12-16-8-5-9-24-16)18(22)11-14-6-4-7-15(10-14)23-2/h4-10H,3,11-13H2,1-2H3,(H,19,21). The number of benzene rings is 1. The van der Waals surface area contributed by atoms with Crippen molar-refractivity contribution in [2.45, 2.75) is 19.9 Å². The lowest BCUT2D eigenvalue weighted by Crippen LogP contribution is -2.41. The largest absolute Gasteiger partial charge is 0.497 e. The van der Waals surface area contributed by atoms with E-state index in [9.17, 15) is 9.59 Å². The molecule has 0 fully saturated rings. The minimum absolute atomic E-state index is 0.0722. The lowest BCUT2D eigenvalue weighted by atomic mass is 10.1. The van der Waals surface area contributed by atoms with Gasteiger partial charge in [-0.3, -0.25) is 9.59 Å². The van der Waals surface area contributed by atoms with Gasteiger partial charge in [0.2, 0.25) is 11.8 Å². The van der Waals surface area contributed by atoms with Crippen molar-refractivity contribution in [1.82, 2.24) is 10.2 Å². The number of nitrogens with zero attached hydrogens (tertiary/aromatic N) is 1. The van der Waals surface area contributed by atoms with E-state index in [0.29, 0.717) is 13.1 Å². The molecule has 6 heteroatoms. The number of ether oxygens (including phenoxy) is 1. The summed E-state index contributed by atoms with van der Waals surface area (Å²) in [6.45, 7) is 2.94. The van der Waals surface area contributed by atoms with Crippen LogP contribution in [0.3, 0.4) is 0 Å². The molecule has 0 saturated carbocycles. The van der Waals surface area contributed by atoms with Crippen molar-refractivity contribution in [3.63, 3.8) is 0 Å². The van der Waals surface area contributed by atoms with Crippen LogP contribution in [0.15, 0.2) is 41.8 Å². The molecule has 0 radical (unpaired) electrons. The number of methoxy groups -OCH3 is 1. The van der Waals surface area contributed by atoms with Crippen molar-refractivity contribution in [1.29, 1.82) is 0 Å². The summed E-state index contributed by atoms with van der Waals surface area (Å²) < 4.78 is 5.17. The van der Waals surface area contributed by atoms with Gasteiger partial charge in [-0.05, 0) is 36.1 Å². The van der Waals surface area contributed by atoms with E-state index in [1.807, 2.05) is 48.7 Å². The van der Waals surface area contributed by atoms with E-state index in [4.69, 9.17) is 4.74 Å². The molecule has 1 aromatic carbocycles. The molecule has 2 aromatic rings. The van der Waals surface area contributed by atoms with Crippen molar-refractivity contribution >= 4 is 23.2 Å². The first kappa shape index (κ1) is 18.0. The van der Waals surface area contributed by atoms with Crippen LogP contribution in [0.5, 0.6) is 5.75 Å². The summed E-state index contributed by atoms with van der Waals surface area (Å²) in [7, 11) is 1.59. The number of hydrogen-bond acceptors (Lipinski definition) is 4. The maximum Gasteiger partial charge on any atom is 0.239 e. The summed E-state index contributed by atoms with van der Waals surface area (Å²) in [5.74, 6) is 0.498. The molecule has 2 amide bonds. The summed E-state index contributed by atoms with van der Waals surface area (Å²) >= 11 is 1.59. The first-order valence-electron chi connectivity index (χ1n) is 7.82. The Hall–Kier alpha value is -2.34. The molecule has 0 aliphatic rings. The minimum Gasteiger partial charge on any atom is -0.497 e. The van der Waals surface area contributed by atoms with Gasteiger partial charge in [0, 0.05) is 11.4 Å². The third-order valence-electron chi connectivity index (χ3n) is 3.60. The van der Waals surface area contributed by atoms with Crippen LogP contribution in [-0.4, -0.2) is 36.9 Å². The van der Waals surface area contributed by atoms with Gasteiger partial charge in [0.15, 0.2) is 0 Å². The first-order valence-corrected chi connectivity index (χ1v) is 8.70. The normalized spacial score (nSPS) is 10.2. The van der Waals surface area contributed by atoms with Gasteiger partial charge < -0.3 is 15.0 Å². The number of likely N-dealkylation sites (N-methyl/N-ethyl adjacent to an activating group) is 1. The fraction of sp³-hybridized carbons (Fsp3) is 0.333. The third-order valence-corrected chi connectivity index (χ3v) is 4.47. The van der Waals surface area contributed by atoms with E-state index < -0.39 is 0 Å². The van der Waals surface area contributed by atoms with Crippen LogP contribution in [0.2, 0.25) is 0 Å². The third kappa shape index (κ3) is 5.38. The second kappa shape index (κ2) is 9.08. The minimum atomic E-state index is -0.149. The molecule has 0 spiro atoms. The zero-order chi connectivity index (χ0) is 17.4. The molecule has 1 aromatic heterocycles. The Morgan fingerprint density at radius 2 is 2.08 bits per heavy atom. The van der Waals surface area contributed by atoms with Gasteiger partial charge in [0.25, 0.3) is 0 Å². The summed E-state index contributed by atoms with van der Waals surface area (Å²) in [6.07, 6.45) is 0.253. The van der Waals surface area contributed by atoms with Gasteiger partial charge in [-0.1, -0.05) is 18.2 Å². The van der Waals surface area contributed by atoms with E-state index in [1.54, 1.807) is 23.3 Å².